The Morgan fingerprint density at radius 2 is 2.03 bits per heavy atom. The van der Waals surface area contributed by atoms with E-state index in [1.165, 1.54) is 0 Å². The number of fused-ring (bicyclic) bond motifs is 1. The monoisotopic (exact) mass is 411 g/mol. The van der Waals surface area contributed by atoms with Crippen molar-refractivity contribution in [2.45, 2.75) is 39.2 Å². The molecule has 0 spiro atoms. The van der Waals surface area contributed by atoms with Crippen molar-refractivity contribution >= 4 is 34.2 Å². The number of benzene rings is 2. The summed E-state index contributed by atoms with van der Waals surface area (Å²) >= 11 is 6.40. The molecular formula is C23H26ClN3O2. The average Bonchev–Trinajstić information content (AvgIpc) is 3.27. The van der Waals surface area contributed by atoms with Crippen LogP contribution in [0.15, 0.2) is 42.5 Å². The first-order valence-corrected chi connectivity index (χ1v) is 10.4. The maximum atomic E-state index is 12.9. The van der Waals surface area contributed by atoms with Crippen LogP contribution in [0.25, 0.3) is 11.0 Å². The molecule has 0 aliphatic carbocycles. The predicted octanol–water partition coefficient (Wildman–Crippen LogP) is 5.26. The summed E-state index contributed by atoms with van der Waals surface area (Å²) in [6, 6.07) is 13.6. The van der Waals surface area contributed by atoms with Gasteiger partial charge in [-0.15, -0.1) is 0 Å². The fourth-order valence-corrected chi connectivity index (χ4v) is 4.19. The number of nitrogens with zero attached hydrogens (tertiary/aromatic N) is 3. The van der Waals surface area contributed by atoms with Crippen LogP contribution in [-0.2, 0) is 11.3 Å². The van der Waals surface area contributed by atoms with Crippen LogP contribution in [0.4, 0.5) is 5.69 Å². The number of aryl methyl sites for hydroxylation is 1. The summed E-state index contributed by atoms with van der Waals surface area (Å²) in [5, 5.41) is 0.549. The molecule has 3 aromatic rings. The second-order valence-electron chi connectivity index (χ2n) is 8.02. The number of hydrogen-bond acceptors (Lipinski definition) is 3. The lowest BCUT2D eigenvalue weighted by atomic mass is 10.1. The van der Waals surface area contributed by atoms with Gasteiger partial charge in [-0.1, -0.05) is 37.6 Å². The number of anilines is 1. The van der Waals surface area contributed by atoms with E-state index in [0.29, 0.717) is 35.3 Å². The van der Waals surface area contributed by atoms with Crippen molar-refractivity contribution in [2.24, 2.45) is 5.92 Å². The first-order valence-electron chi connectivity index (χ1n) is 10.1. The summed E-state index contributed by atoms with van der Waals surface area (Å²) < 4.78 is 7.61. The van der Waals surface area contributed by atoms with Crippen molar-refractivity contribution in [3.05, 3.63) is 53.3 Å². The second-order valence-corrected chi connectivity index (χ2v) is 8.42. The molecule has 1 aromatic heterocycles. The molecule has 0 bridgehead atoms. The number of ether oxygens (including phenoxy) is 1. The molecule has 1 aliphatic rings. The highest BCUT2D eigenvalue weighted by Crippen LogP contribution is 2.37. The Hall–Kier alpha value is -2.53. The molecule has 4 rings (SSSR count). The molecule has 5 nitrogen and oxygen atoms in total. The molecule has 1 aliphatic heterocycles. The van der Waals surface area contributed by atoms with E-state index in [1.807, 2.05) is 24.3 Å². The Morgan fingerprint density at radius 1 is 1.24 bits per heavy atom. The van der Waals surface area contributed by atoms with Crippen LogP contribution in [-0.4, -0.2) is 29.1 Å². The molecule has 6 heteroatoms. The highest BCUT2D eigenvalue weighted by molar-refractivity contribution is 6.34. The number of para-hydroxylation sites is 2. The largest absolute Gasteiger partial charge is 0.497 e. The fourth-order valence-electron chi connectivity index (χ4n) is 3.97. The van der Waals surface area contributed by atoms with E-state index < -0.39 is 0 Å². The molecule has 1 unspecified atom stereocenters. The van der Waals surface area contributed by atoms with Gasteiger partial charge in [0, 0.05) is 31.5 Å². The maximum absolute atomic E-state index is 12.9. The third-order valence-corrected chi connectivity index (χ3v) is 5.87. The summed E-state index contributed by atoms with van der Waals surface area (Å²) in [5.74, 6) is 2.37. The summed E-state index contributed by atoms with van der Waals surface area (Å²) in [7, 11) is 1.61. The van der Waals surface area contributed by atoms with Gasteiger partial charge in [-0.25, -0.2) is 4.98 Å². The molecule has 0 radical (unpaired) electrons. The number of halogens is 1. The molecular weight excluding hydrogens is 386 g/mol. The van der Waals surface area contributed by atoms with Gasteiger partial charge >= 0.3 is 0 Å². The Kier molecular flexibility index (Phi) is 5.50. The zero-order valence-electron chi connectivity index (χ0n) is 17.1. The zero-order valence-corrected chi connectivity index (χ0v) is 17.8. The molecule has 29 heavy (non-hydrogen) atoms. The molecule has 0 saturated carbocycles. The van der Waals surface area contributed by atoms with E-state index in [4.69, 9.17) is 21.3 Å². The van der Waals surface area contributed by atoms with Gasteiger partial charge in [0.25, 0.3) is 0 Å². The molecule has 152 valence electrons. The Labute approximate surface area is 176 Å². The lowest BCUT2D eigenvalue weighted by Crippen LogP contribution is -2.25. The van der Waals surface area contributed by atoms with Crippen molar-refractivity contribution in [1.29, 1.82) is 0 Å². The summed E-state index contributed by atoms with van der Waals surface area (Å²) in [5.41, 5.74) is 2.81. The van der Waals surface area contributed by atoms with Gasteiger partial charge in [0.05, 0.1) is 28.9 Å². The van der Waals surface area contributed by atoms with Crippen LogP contribution < -0.4 is 9.64 Å². The highest BCUT2D eigenvalue weighted by Gasteiger charge is 2.35. The minimum Gasteiger partial charge on any atom is -0.497 e. The first kappa shape index (κ1) is 19.8. The molecule has 2 heterocycles. The van der Waals surface area contributed by atoms with Gasteiger partial charge < -0.3 is 14.2 Å². The molecule has 1 atom stereocenters. The van der Waals surface area contributed by atoms with E-state index >= 15 is 0 Å². The Balaban J connectivity index is 1.69. The molecule has 1 fully saturated rings. The fraction of sp³-hybridized carbons (Fsp3) is 0.391. The van der Waals surface area contributed by atoms with E-state index in [2.05, 4.69) is 24.5 Å². The Morgan fingerprint density at radius 3 is 2.79 bits per heavy atom. The van der Waals surface area contributed by atoms with Crippen molar-refractivity contribution in [2.75, 3.05) is 18.6 Å². The maximum Gasteiger partial charge on any atom is 0.227 e. The zero-order chi connectivity index (χ0) is 20.5. The number of methoxy groups -OCH3 is 1. The van der Waals surface area contributed by atoms with Gasteiger partial charge in [-0.3, -0.25) is 4.79 Å². The second kappa shape index (κ2) is 8.07. The quantitative estimate of drug-likeness (QED) is 0.555. The van der Waals surface area contributed by atoms with Gasteiger partial charge in [-0.2, -0.15) is 0 Å². The van der Waals surface area contributed by atoms with E-state index in [-0.39, 0.29) is 11.8 Å². The number of amides is 1. The van der Waals surface area contributed by atoms with Crippen molar-refractivity contribution in [3.63, 3.8) is 0 Å². The van der Waals surface area contributed by atoms with Crippen LogP contribution in [0.1, 0.15) is 38.4 Å². The summed E-state index contributed by atoms with van der Waals surface area (Å²) in [6.07, 6.45) is 1.50. The Bertz CT molecular complexity index is 1040. The third-order valence-electron chi connectivity index (χ3n) is 5.55. The molecule has 1 amide bonds. The van der Waals surface area contributed by atoms with Crippen LogP contribution in [0.5, 0.6) is 5.75 Å². The van der Waals surface area contributed by atoms with Crippen molar-refractivity contribution in [3.8, 4) is 5.75 Å². The van der Waals surface area contributed by atoms with Crippen molar-refractivity contribution in [1.82, 2.24) is 9.55 Å². The lowest BCUT2D eigenvalue weighted by molar-refractivity contribution is -0.117. The van der Waals surface area contributed by atoms with E-state index in [9.17, 15) is 4.79 Å². The van der Waals surface area contributed by atoms with Crippen LogP contribution in [0.3, 0.4) is 0 Å². The van der Waals surface area contributed by atoms with Crippen LogP contribution in [0, 0.1) is 5.92 Å². The topological polar surface area (TPSA) is 47.4 Å². The van der Waals surface area contributed by atoms with Crippen molar-refractivity contribution < 1.29 is 9.53 Å². The number of carbonyl (C=O) groups excluding carboxylic acids is 1. The highest BCUT2D eigenvalue weighted by atomic mass is 35.5. The van der Waals surface area contributed by atoms with Gasteiger partial charge in [0.2, 0.25) is 5.91 Å². The number of imidazole rings is 1. The number of aromatic nitrogens is 2. The smallest absolute Gasteiger partial charge is 0.227 e. The predicted molar refractivity (Wildman–Crippen MR) is 117 cm³/mol. The van der Waals surface area contributed by atoms with Gasteiger partial charge in [-0.05, 0) is 36.6 Å². The minimum atomic E-state index is 0.0318. The SMILES string of the molecule is COc1ccc(Cl)c(N2CC(c3nc4ccccc4n3CCC(C)C)CC2=O)c1. The molecule has 0 N–H and O–H groups in total. The average molecular weight is 412 g/mol. The first-order chi connectivity index (χ1) is 14.0. The number of rotatable bonds is 6. The minimum absolute atomic E-state index is 0.0318. The third kappa shape index (κ3) is 3.84. The van der Waals surface area contributed by atoms with Gasteiger partial charge in [0.15, 0.2) is 0 Å². The lowest BCUT2D eigenvalue weighted by Gasteiger charge is -2.19. The summed E-state index contributed by atoms with van der Waals surface area (Å²) in [6.45, 7) is 5.92. The van der Waals surface area contributed by atoms with Gasteiger partial charge in [0.1, 0.15) is 11.6 Å². The van der Waals surface area contributed by atoms with E-state index in [0.717, 1.165) is 29.8 Å². The normalized spacial score (nSPS) is 16.9. The van der Waals surface area contributed by atoms with Crippen LogP contribution in [0.2, 0.25) is 5.02 Å². The van der Waals surface area contributed by atoms with E-state index in [1.54, 1.807) is 24.1 Å². The summed E-state index contributed by atoms with van der Waals surface area (Å²) in [4.78, 5) is 19.6. The standard InChI is InChI=1S/C23H26ClN3O2/c1-15(2)10-11-26-20-7-5-4-6-19(20)25-23(26)16-12-22(28)27(14-16)21-13-17(29-3)8-9-18(21)24/h4-9,13,15-16H,10-12,14H2,1-3H3. The number of carbonyl (C=O) groups is 1. The molecule has 1 saturated heterocycles. The van der Waals surface area contributed by atoms with Crippen LogP contribution >= 0.6 is 11.6 Å². The number of hydrogen-bond donors (Lipinski definition) is 0. The molecule has 2 aromatic carbocycles.